The third kappa shape index (κ3) is 5.08. The third-order valence-electron chi connectivity index (χ3n) is 2.18. The highest BCUT2D eigenvalue weighted by atomic mass is 32.1. The highest BCUT2D eigenvalue weighted by Gasteiger charge is 2.03. The summed E-state index contributed by atoms with van der Waals surface area (Å²) < 4.78 is 25.6. The molecule has 5 heteroatoms. The molecule has 0 aromatic heterocycles. The van der Waals surface area contributed by atoms with Gasteiger partial charge in [0.05, 0.1) is 0 Å². The number of hydrogen-bond donors (Lipinski definition) is 2. The summed E-state index contributed by atoms with van der Waals surface area (Å²) in [5, 5.41) is 6.21. The predicted molar refractivity (Wildman–Crippen MR) is 70.0 cm³/mol. The Balaban J connectivity index is 2.42. The van der Waals surface area contributed by atoms with E-state index < -0.39 is 11.6 Å². The lowest BCUT2D eigenvalue weighted by molar-refractivity contribution is 0.509. The van der Waals surface area contributed by atoms with E-state index in [1.807, 2.05) is 0 Å². The fourth-order valence-corrected chi connectivity index (χ4v) is 1.44. The van der Waals surface area contributed by atoms with Gasteiger partial charge in [0.2, 0.25) is 0 Å². The van der Waals surface area contributed by atoms with Gasteiger partial charge in [-0.25, -0.2) is 8.78 Å². The van der Waals surface area contributed by atoms with E-state index in [0.29, 0.717) is 16.7 Å². The third-order valence-corrected chi connectivity index (χ3v) is 2.43. The molecular formula is C12H16F2N2S. The summed E-state index contributed by atoms with van der Waals surface area (Å²) in [7, 11) is 0. The van der Waals surface area contributed by atoms with Crippen LogP contribution in [0.3, 0.4) is 0 Å². The minimum atomic E-state index is -0.889. The first kappa shape index (κ1) is 13.8. The summed E-state index contributed by atoms with van der Waals surface area (Å²) >= 11 is 5.03. The maximum atomic E-state index is 12.9. The van der Waals surface area contributed by atoms with Crippen LogP contribution in [0.4, 0.5) is 14.5 Å². The highest BCUT2D eigenvalue weighted by Crippen LogP contribution is 2.12. The molecule has 0 aliphatic rings. The van der Waals surface area contributed by atoms with Gasteiger partial charge in [-0.2, -0.15) is 0 Å². The Morgan fingerprint density at radius 1 is 1.29 bits per heavy atom. The van der Waals surface area contributed by atoms with Crippen LogP contribution in [-0.2, 0) is 0 Å². The van der Waals surface area contributed by atoms with Gasteiger partial charge in [-0.3, -0.25) is 0 Å². The van der Waals surface area contributed by atoms with E-state index in [9.17, 15) is 8.78 Å². The molecule has 0 radical (unpaired) electrons. The first-order valence-corrected chi connectivity index (χ1v) is 5.89. The number of rotatable bonds is 4. The van der Waals surface area contributed by atoms with Crippen LogP contribution < -0.4 is 10.6 Å². The van der Waals surface area contributed by atoms with Crippen LogP contribution in [0.1, 0.15) is 20.3 Å². The van der Waals surface area contributed by atoms with Gasteiger partial charge in [-0.15, -0.1) is 0 Å². The van der Waals surface area contributed by atoms with Crippen molar-refractivity contribution in [3.05, 3.63) is 29.8 Å². The Bertz CT molecular complexity index is 394. The summed E-state index contributed by atoms with van der Waals surface area (Å²) in [5.41, 5.74) is 0.436. The van der Waals surface area contributed by atoms with Crippen molar-refractivity contribution < 1.29 is 8.78 Å². The number of hydrogen-bond acceptors (Lipinski definition) is 1. The van der Waals surface area contributed by atoms with E-state index in [4.69, 9.17) is 12.2 Å². The predicted octanol–water partition coefficient (Wildman–Crippen LogP) is 3.30. The number of halogens is 2. The lowest BCUT2D eigenvalue weighted by Crippen LogP contribution is -2.29. The monoisotopic (exact) mass is 258 g/mol. The van der Waals surface area contributed by atoms with Crippen molar-refractivity contribution in [1.29, 1.82) is 0 Å². The smallest absolute Gasteiger partial charge is 0.170 e. The van der Waals surface area contributed by atoms with E-state index in [0.717, 1.165) is 25.1 Å². The van der Waals surface area contributed by atoms with Crippen LogP contribution in [-0.4, -0.2) is 11.7 Å². The fourth-order valence-electron chi connectivity index (χ4n) is 1.22. The molecule has 1 aromatic carbocycles. The van der Waals surface area contributed by atoms with Crippen molar-refractivity contribution in [2.45, 2.75) is 20.3 Å². The zero-order valence-electron chi connectivity index (χ0n) is 9.89. The van der Waals surface area contributed by atoms with E-state index >= 15 is 0 Å². The molecule has 0 saturated heterocycles. The summed E-state index contributed by atoms with van der Waals surface area (Å²) in [6, 6.07) is 3.58. The van der Waals surface area contributed by atoms with Gasteiger partial charge in [0.25, 0.3) is 0 Å². The van der Waals surface area contributed by atoms with Crippen LogP contribution in [0.5, 0.6) is 0 Å². The molecule has 0 spiro atoms. The van der Waals surface area contributed by atoms with Gasteiger partial charge in [-0.05, 0) is 36.7 Å². The van der Waals surface area contributed by atoms with Gasteiger partial charge in [0.15, 0.2) is 16.7 Å². The second-order valence-electron chi connectivity index (χ2n) is 4.19. The fraction of sp³-hybridized carbons (Fsp3) is 0.417. The Labute approximate surface area is 105 Å². The highest BCUT2D eigenvalue weighted by molar-refractivity contribution is 7.80. The van der Waals surface area contributed by atoms with Gasteiger partial charge >= 0.3 is 0 Å². The molecule has 1 aromatic rings. The summed E-state index contributed by atoms with van der Waals surface area (Å²) in [6.45, 7) is 4.99. The average Bonchev–Trinajstić information content (AvgIpc) is 2.23. The largest absolute Gasteiger partial charge is 0.362 e. The quantitative estimate of drug-likeness (QED) is 0.810. The SMILES string of the molecule is CC(C)CCNC(=S)Nc1ccc(F)c(F)c1. The van der Waals surface area contributed by atoms with Crippen LogP contribution in [0.25, 0.3) is 0 Å². The molecule has 0 amide bonds. The molecule has 0 aliphatic heterocycles. The van der Waals surface area contributed by atoms with Crippen LogP contribution in [0, 0.1) is 17.6 Å². The van der Waals surface area contributed by atoms with Gasteiger partial charge in [-0.1, -0.05) is 13.8 Å². The van der Waals surface area contributed by atoms with Gasteiger partial charge in [0, 0.05) is 18.3 Å². The number of benzene rings is 1. The molecule has 0 atom stereocenters. The van der Waals surface area contributed by atoms with Gasteiger partial charge < -0.3 is 10.6 Å². The van der Waals surface area contributed by atoms with Gasteiger partial charge in [0.1, 0.15) is 0 Å². The molecule has 0 bridgehead atoms. The molecular weight excluding hydrogens is 242 g/mol. The maximum Gasteiger partial charge on any atom is 0.170 e. The summed E-state index contributed by atoms with van der Waals surface area (Å²) in [6.07, 6.45) is 1.000. The van der Waals surface area contributed by atoms with Crippen LogP contribution >= 0.6 is 12.2 Å². The standard InChI is InChI=1S/C12H16F2N2S/c1-8(2)5-6-15-12(17)16-9-3-4-10(13)11(14)7-9/h3-4,7-8H,5-6H2,1-2H3,(H2,15,16,17). The zero-order valence-corrected chi connectivity index (χ0v) is 10.7. The number of anilines is 1. The number of thiocarbonyl (C=S) groups is 1. The lowest BCUT2D eigenvalue weighted by atomic mass is 10.1. The molecule has 0 aliphatic carbocycles. The average molecular weight is 258 g/mol. The molecule has 1 rings (SSSR count). The molecule has 2 N–H and O–H groups in total. The molecule has 0 unspecified atom stereocenters. The van der Waals surface area contributed by atoms with Crippen molar-refractivity contribution in [2.24, 2.45) is 5.92 Å². The Morgan fingerprint density at radius 2 is 2.00 bits per heavy atom. The number of nitrogens with one attached hydrogen (secondary N) is 2. The van der Waals surface area contributed by atoms with E-state index in [-0.39, 0.29) is 0 Å². The normalized spacial score (nSPS) is 10.4. The van der Waals surface area contributed by atoms with E-state index in [1.165, 1.54) is 6.07 Å². The summed E-state index contributed by atoms with van der Waals surface area (Å²) in [4.78, 5) is 0. The first-order valence-electron chi connectivity index (χ1n) is 5.49. The van der Waals surface area contributed by atoms with Crippen molar-refractivity contribution in [2.75, 3.05) is 11.9 Å². The molecule has 0 heterocycles. The van der Waals surface area contributed by atoms with Crippen LogP contribution in [0.2, 0.25) is 0 Å². The molecule has 2 nitrogen and oxygen atoms in total. The Kier molecular flexibility index (Phi) is 5.28. The molecule has 17 heavy (non-hydrogen) atoms. The maximum absolute atomic E-state index is 12.9. The lowest BCUT2D eigenvalue weighted by Gasteiger charge is -2.11. The molecule has 94 valence electrons. The molecule has 0 fully saturated rings. The van der Waals surface area contributed by atoms with E-state index in [1.54, 1.807) is 0 Å². The minimum Gasteiger partial charge on any atom is -0.362 e. The Morgan fingerprint density at radius 3 is 2.59 bits per heavy atom. The van der Waals surface area contributed by atoms with Crippen molar-refractivity contribution >= 4 is 23.0 Å². The van der Waals surface area contributed by atoms with Crippen molar-refractivity contribution in [3.8, 4) is 0 Å². The Hall–Kier alpha value is -1.23. The molecule has 0 saturated carbocycles. The zero-order chi connectivity index (χ0) is 12.8. The second-order valence-corrected chi connectivity index (χ2v) is 4.60. The summed E-state index contributed by atoms with van der Waals surface area (Å²) in [5.74, 6) is -1.16. The minimum absolute atomic E-state index is 0.414. The van der Waals surface area contributed by atoms with E-state index in [2.05, 4.69) is 24.5 Å². The van der Waals surface area contributed by atoms with Crippen LogP contribution in [0.15, 0.2) is 18.2 Å². The first-order chi connectivity index (χ1) is 7.99. The second kappa shape index (κ2) is 6.49. The van der Waals surface area contributed by atoms with Crippen molar-refractivity contribution in [3.63, 3.8) is 0 Å². The van der Waals surface area contributed by atoms with Crippen molar-refractivity contribution in [1.82, 2.24) is 5.32 Å². The topological polar surface area (TPSA) is 24.1 Å².